The van der Waals surface area contributed by atoms with E-state index in [1.807, 2.05) is 0 Å². The van der Waals surface area contributed by atoms with Gasteiger partial charge in [0.15, 0.2) is 0 Å². The van der Waals surface area contributed by atoms with E-state index in [4.69, 9.17) is 4.52 Å². The van der Waals surface area contributed by atoms with Gasteiger partial charge in [-0.05, 0) is 6.92 Å². The smallest absolute Gasteiger partial charge is 0.348 e. The van der Waals surface area contributed by atoms with Gasteiger partial charge in [0.25, 0.3) is 5.91 Å². The fourth-order valence-corrected chi connectivity index (χ4v) is 1.05. The van der Waals surface area contributed by atoms with Crippen molar-refractivity contribution in [3.8, 4) is 0 Å². The Morgan fingerprint density at radius 2 is 2.36 bits per heavy atom. The number of carbonyl (C=O) groups is 1. The zero-order valence-electron chi connectivity index (χ0n) is 8.16. The Bertz CT molecular complexity index is 414. The van der Waals surface area contributed by atoms with E-state index in [1.165, 1.54) is 10.8 Å². The molecule has 76 valence electrons. The Labute approximate surface area is 81.0 Å². The summed E-state index contributed by atoms with van der Waals surface area (Å²) >= 11 is 0. The minimum Gasteiger partial charge on any atom is -0.348 e. The van der Waals surface area contributed by atoms with Gasteiger partial charge in [-0.3, -0.25) is 4.79 Å². The molecule has 0 bridgehead atoms. The molecular weight excluding hydrogens is 184 g/mol. The van der Waals surface area contributed by atoms with Crippen molar-refractivity contribution < 1.29 is 9.32 Å². The molecule has 14 heavy (non-hydrogen) atoms. The van der Waals surface area contributed by atoms with Gasteiger partial charge in [-0.1, -0.05) is 6.08 Å². The van der Waals surface area contributed by atoms with Crippen molar-refractivity contribution in [2.24, 2.45) is 7.05 Å². The number of aryl methyl sites for hydroxylation is 1. The maximum Gasteiger partial charge on any atom is 0.370 e. The number of amides is 1. The normalized spacial score (nSPS) is 9.86. The molecule has 0 aliphatic heterocycles. The summed E-state index contributed by atoms with van der Waals surface area (Å²) in [7, 11) is 1.57. The van der Waals surface area contributed by atoms with E-state index >= 15 is 0 Å². The van der Waals surface area contributed by atoms with Gasteiger partial charge in [0.1, 0.15) is 5.56 Å². The highest BCUT2D eigenvalue weighted by Crippen LogP contribution is 2.01. The molecule has 0 radical (unpaired) electrons. The average Bonchev–Trinajstić information content (AvgIpc) is 2.38. The van der Waals surface area contributed by atoms with Crippen LogP contribution in [0.5, 0.6) is 0 Å². The second-order valence-electron chi connectivity index (χ2n) is 2.84. The van der Waals surface area contributed by atoms with E-state index < -0.39 is 11.5 Å². The molecule has 0 aromatic carbocycles. The molecule has 0 saturated heterocycles. The lowest BCUT2D eigenvalue weighted by atomic mass is 10.2. The van der Waals surface area contributed by atoms with Crippen molar-refractivity contribution in [3.05, 3.63) is 34.3 Å². The molecule has 1 aromatic rings. The minimum absolute atomic E-state index is 0.0503. The first-order valence-electron chi connectivity index (χ1n) is 4.14. The Morgan fingerprint density at radius 3 is 2.79 bits per heavy atom. The molecule has 0 aliphatic carbocycles. The highest BCUT2D eigenvalue weighted by Gasteiger charge is 2.18. The maximum atomic E-state index is 11.4. The van der Waals surface area contributed by atoms with Crippen molar-refractivity contribution in [1.82, 2.24) is 10.1 Å². The number of carbonyl (C=O) groups excluding carboxylic acids is 1. The first-order chi connectivity index (χ1) is 6.57. The second kappa shape index (κ2) is 3.95. The average molecular weight is 196 g/mol. The summed E-state index contributed by atoms with van der Waals surface area (Å²) in [6, 6.07) is 0. The fourth-order valence-electron chi connectivity index (χ4n) is 1.05. The molecular formula is C9H12N2O3. The fraction of sp³-hybridized carbons (Fsp3) is 0.333. The van der Waals surface area contributed by atoms with E-state index in [9.17, 15) is 9.59 Å². The Morgan fingerprint density at radius 1 is 1.71 bits per heavy atom. The van der Waals surface area contributed by atoms with Gasteiger partial charge in [0.05, 0.1) is 5.69 Å². The number of nitrogens with zero attached hydrogens (tertiary/aromatic N) is 1. The van der Waals surface area contributed by atoms with Gasteiger partial charge < -0.3 is 9.84 Å². The van der Waals surface area contributed by atoms with Gasteiger partial charge >= 0.3 is 5.63 Å². The number of hydrogen-bond donors (Lipinski definition) is 1. The van der Waals surface area contributed by atoms with Gasteiger partial charge in [-0.15, -0.1) is 6.58 Å². The summed E-state index contributed by atoms with van der Waals surface area (Å²) in [6.45, 7) is 5.43. The van der Waals surface area contributed by atoms with Crippen molar-refractivity contribution in [2.75, 3.05) is 6.54 Å². The van der Waals surface area contributed by atoms with Crippen LogP contribution in [0.1, 0.15) is 16.1 Å². The predicted octanol–water partition coefficient (Wildman–Crippen LogP) is 0.203. The zero-order chi connectivity index (χ0) is 10.7. The number of nitrogens with one attached hydrogen (secondary N) is 1. The lowest BCUT2D eigenvalue weighted by Gasteiger charge is -1.98. The van der Waals surface area contributed by atoms with Crippen LogP contribution in [-0.2, 0) is 7.05 Å². The molecule has 0 unspecified atom stereocenters. The predicted molar refractivity (Wildman–Crippen MR) is 51.2 cm³/mol. The third kappa shape index (κ3) is 1.76. The molecule has 0 fully saturated rings. The first kappa shape index (κ1) is 10.3. The summed E-state index contributed by atoms with van der Waals surface area (Å²) in [4.78, 5) is 22.6. The molecule has 0 atom stereocenters. The number of aromatic nitrogens is 1. The minimum atomic E-state index is -0.619. The third-order valence-corrected chi connectivity index (χ3v) is 1.89. The largest absolute Gasteiger partial charge is 0.370 e. The summed E-state index contributed by atoms with van der Waals surface area (Å²) in [5, 5.41) is 2.51. The topological polar surface area (TPSA) is 64.2 Å². The molecule has 0 aliphatic rings. The van der Waals surface area contributed by atoms with E-state index in [-0.39, 0.29) is 5.56 Å². The molecule has 1 N–H and O–H groups in total. The van der Waals surface area contributed by atoms with Crippen LogP contribution in [0.15, 0.2) is 22.0 Å². The van der Waals surface area contributed by atoms with Crippen LogP contribution >= 0.6 is 0 Å². The molecule has 5 nitrogen and oxygen atoms in total. The summed E-state index contributed by atoms with van der Waals surface area (Å²) in [5.41, 5.74) is -0.0579. The van der Waals surface area contributed by atoms with Crippen molar-refractivity contribution in [1.29, 1.82) is 0 Å². The van der Waals surface area contributed by atoms with Gasteiger partial charge in [0, 0.05) is 13.6 Å². The van der Waals surface area contributed by atoms with Gasteiger partial charge in [-0.2, -0.15) is 0 Å². The second-order valence-corrected chi connectivity index (χ2v) is 2.84. The highest BCUT2D eigenvalue weighted by atomic mass is 16.5. The van der Waals surface area contributed by atoms with Crippen molar-refractivity contribution >= 4 is 5.91 Å². The molecule has 1 heterocycles. The maximum absolute atomic E-state index is 11.4. The van der Waals surface area contributed by atoms with E-state index in [1.54, 1.807) is 14.0 Å². The highest BCUT2D eigenvalue weighted by molar-refractivity contribution is 5.94. The van der Waals surface area contributed by atoms with Crippen LogP contribution in [0, 0.1) is 6.92 Å². The van der Waals surface area contributed by atoms with Crippen LogP contribution in [0.3, 0.4) is 0 Å². The number of hydrogen-bond acceptors (Lipinski definition) is 3. The van der Waals surface area contributed by atoms with E-state index in [0.29, 0.717) is 12.2 Å². The molecule has 1 aromatic heterocycles. The van der Waals surface area contributed by atoms with Crippen LogP contribution in [-0.4, -0.2) is 17.2 Å². The lowest BCUT2D eigenvalue weighted by molar-refractivity contribution is 0.0955. The summed E-state index contributed by atoms with van der Waals surface area (Å²) < 4.78 is 5.99. The van der Waals surface area contributed by atoms with Crippen LogP contribution in [0.4, 0.5) is 0 Å². The molecule has 1 rings (SSSR count). The van der Waals surface area contributed by atoms with Crippen LogP contribution in [0.2, 0.25) is 0 Å². The Kier molecular flexibility index (Phi) is 2.91. The lowest BCUT2D eigenvalue weighted by Crippen LogP contribution is -2.27. The molecule has 1 amide bonds. The SMILES string of the molecule is C=CCNC(=O)c1c(C)n(C)oc1=O. The standard InChI is InChI=1S/C9H12N2O3/c1-4-5-10-8(12)7-6(2)11(3)14-9(7)13/h4H,1,5H2,2-3H3,(H,10,12). The summed E-state index contributed by atoms with van der Waals surface area (Å²) in [6.07, 6.45) is 1.54. The van der Waals surface area contributed by atoms with Crippen LogP contribution < -0.4 is 10.9 Å². The van der Waals surface area contributed by atoms with E-state index in [0.717, 1.165) is 0 Å². The van der Waals surface area contributed by atoms with Crippen LogP contribution in [0.25, 0.3) is 0 Å². The molecule has 0 spiro atoms. The van der Waals surface area contributed by atoms with Gasteiger partial charge in [-0.25, -0.2) is 9.53 Å². The Balaban J connectivity index is 3.00. The monoisotopic (exact) mass is 196 g/mol. The first-order valence-corrected chi connectivity index (χ1v) is 4.14. The quantitative estimate of drug-likeness (QED) is 0.702. The van der Waals surface area contributed by atoms with Gasteiger partial charge in [0.2, 0.25) is 0 Å². The third-order valence-electron chi connectivity index (χ3n) is 1.89. The number of rotatable bonds is 3. The zero-order valence-corrected chi connectivity index (χ0v) is 8.16. The van der Waals surface area contributed by atoms with Crippen molar-refractivity contribution in [2.45, 2.75) is 6.92 Å². The van der Waals surface area contributed by atoms with E-state index in [2.05, 4.69) is 11.9 Å². The molecule has 0 saturated carbocycles. The summed E-state index contributed by atoms with van der Waals surface area (Å²) in [5.74, 6) is -0.434. The Hall–Kier alpha value is -1.78. The van der Waals surface area contributed by atoms with Crippen molar-refractivity contribution in [3.63, 3.8) is 0 Å². The molecule has 5 heteroatoms.